The van der Waals surface area contributed by atoms with Gasteiger partial charge in [0, 0.05) is 19.2 Å². The minimum Gasteiger partial charge on any atom is -0.381 e. The SMILES string of the molecule is C=C(C)c1cc([N+](=O)[O-])cc(C2=CCC(OC)CC2)n1. The predicted molar refractivity (Wildman–Crippen MR) is 78.2 cm³/mol. The first kappa shape index (κ1) is 14.4. The summed E-state index contributed by atoms with van der Waals surface area (Å²) in [5.41, 5.74) is 3.07. The number of methoxy groups -OCH3 is 1. The maximum absolute atomic E-state index is 11.0. The highest BCUT2D eigenvalue weighted by atomic mass is 16.6. The molecule has 1 atom stereocenters. The van der Waals surface area contributed by atoms with Crippen LogP contribution in [0.1, 0.15) is 37.6 Å². The van der Waals surface area contributed by atoms with Crippen molar-refractivity contribution in [1.29, 1.82) is 0 Å². The molecule has 106 valence electrons. The highest BCUT2D eigenvalue weighted by Crippen LogP contribution is 2.30. The maximum atomic E-state index is 11.0. The standard InChI is InChI=1S/C15H18N2O3/c1-10(2)14-8-12(17(18)19)9-15(16-14)11-4-6-13(20-3)7-5-11/h4,8-9,13H,1,5-7H2,2-3H3. The normalized spacial score (nSPS) is 18.5. The molecule has 5 heteroatoms. The number of nitro groups is 1. The third kappa shape index (κ3) is 3.11. The fourth-order valence-electron chi connectivity index (χ4n) is 2.26. The molecule has 0 fully saturated rings. The van der Waals surface area contributed by atoms with Crippen LogP contribution in [-0.4, -0.2) is 23.1 Å². The van der Waals surface area contributed by atoms with E-state index >= 15 is 0 Å². The number of pyridine rings is 1. The van der Waals surface area contributed by atoms with Gasteiger partial charge in [-0.2, -0.15) is 0 Å². The first-order valence-electron chi connectivity index (χ1n) is 6.56. The van der Waals surface area contributed by atoms with Crippen molar-refractivity contribution in [2.75, 3.05) is 7.11 Å². The van der Waals surface area contributed by atoms with Crippen LogP contribution in [0.25, 0.3) is 11.1 Å². The molecular weight excluding hydrogens is 256 g/mol. The number of allylic oxidation sites excluding steroid dienone is 2. The first-order chi connectivity index (χ1) is 9.51. The number of hydrogen-bond donors (Lipinski definition) is 0. The van der Waals surface area contributed by atoms with Gasteiger partial charge in [-0.1, -0.05) is 12.7 Å². The Morgan fingerprint density at radius 1 is 1.55 bits per heavy atom. The average molecular weight is 274 g/mol. The molecule has 0 bridgehead atoms. The molecule has 1 aliphatic carbocycles. The topological polar surface area (TPSA) is 65.3 Å². The second-order valence-electron chi connectivity index (χ2n) is 4.99. The van der Waals surface area contributed by atoms with Crippen molar-refractivity contribution in [3.63, 3.8) is 0 Å². The largest absolute Gasteiger partial charge is 0.381 e. The van der Waals surface area contributed by atoms with Gasteiger partial charge in [-0.05, 0) is 37.3 Å². The zero-order valence-corrected chi connectivity index (χ0v) is 11.8. The molecule has 0 radical (unpaired) electrons. The van der Waals surface area contributed by atoms with E-state index in [-0.39, 0.29) is 16.7 Å². The Kier molecular flexibility index (Phi) is 4.29. The van der Waals surface area contributed by atoms with Gasteiger partial charge in [-0.25, -0.2) is 4.98 Å². The minimum absolute atomic E-state index is 0.0581. The summed E-state index contributed by atoms with van der Waals surface area (Å²) in [7, 11) is 1.70. The van der Waals surface area contributed by atoms with Crippen molar-refractivity contribution in [3.8, 4) is 0 Å². The molecule has 1 heterocycles. The van der Waals surface area contributed by atoms with Crippen LogP contribution in [0.5, 0.6) is 0 Å². The van der Waals surface area contributed by atoms with Crippen LogP contribution >= 0.6 is 0 Å². The van der Waals surface area contributed by atoms with Crippen LogP contribution in [0.4, 0.5) is 5.69 Å². The zero-order chi connectivity index (χ0) is 14.7. The van der Waals surface area contributed by atoms with Gasteiger partial charge in [-0.15, -0.1) is 0 Å². The van der Waals surface area contributed by atoms with Crippen molar-refractivity contribution < 1.29 is 9.66 Å². The Balaban J connectivity index is 2.38. The second kappa shape index (κ2) is 5.96. The predicted octanol–water partition coefficient (Wildman–Crippen LogP) is 3.61. The summed E-state index contributed by atoms with van der Waals surface area (Å²) in [4.78, 5) is 15.1. The molecule has 0 saturated carbocycles. The van der Waals surface area contributed by atoms with E-state index in [4.69, 9.17) is 4.74 Å². The van der Waals surface area contributed by atoms with Crippen molar-refractivity contribution in [2.45, 2.75) is 32.3 Å². The molecular formula is C15H18N2O3. The van der Waals surface area contributed by atoms with Gasteiger partial charge < -0.3 is 4.74 Å². The number of aromatic nitrogens is 1. The fourth-order valence-corrected chi connectivity index (χ4v) is 2.26. The Morgan fingerprint density at radius 2 is 2.30 bits per heavy atom. The van der Waals surface area contributed by atoms with Crippen molar-refractivity contribution in [1.82, 2.24) is 4.98 Å². The lowest BCUT2D eigenvalue weighted by Gasteiger charge is -2.20. The lowest BCUT2D eigenvalue weighted by Crippen LogP contribution is -2.13. The molecule has 0 N–H and O–H groups in total. The van der Waals surface area contributed by atoms with Crippen molar-refractivity contribution in [3.05, 3.63) is 46.3 Å². The molecule has 2 rings (SSSR count). The van der Waals surface area contributed by atoms with Crippen molar-refractivity contribution >= 4 is 16.8 Å². The van der Waals surface area contributed by atoms with E-state index in [1.54, 1.807) is 14.0 Å². The molecule has 20 heavy (non-hydrogen) atoms. The summed E-state index contributed by atoms with van der Waals surface area (Å²) < 4.78 is 5.31. The Labute approximate surface area is 118 Å². The van der Waals surface area contributed by atoms with Crippen LogP contribution in [0.3, 0.4) is 0 Å². The van der Waals surface area contributed by atoms with Gasteiger partial charge >= 0.3 is 0 Å². The number of hydrogen-bond acceptors (Lipinski definition) is 4. The van der Waals surface area contributed by atoms with E-state index in [9.17, 15) is 10.1 Å². The summed E-state index contributed by atoms with van der Waals surface area (Å²) >= 11 is 0. The molecule has 0 amide bonds. The van der Waals surface area contributed by atoms with Gasteiger partial charge in [0.2, 0.25) is 0 Å². The molecule has 0 aromatic carbocycles. The second-order valence-corrected chi connectivity index (χ2v) is 4.99. The molecule has 1 aliphatic rings. The molecule has 0 saturated heterocycles. The lowest BCUT2D eigenvalue weighted by atomic mass is 9.94. The van der Waals surface area contributed by atoms with Gasteiger partial charge in [0.1, 0.15) is 0 Å². The molecule has 1 aromatic heterocycles. The number of rotatable bonds is 4. The summed E-state index contributed by atoms with van der Waals surface area (Å²) in [5, 5.41) is 11.0. The highest BCUT2D eigenvalue weighted by molar-refractivity contribution is 5.69. The monoisotopic (exact) mass is 274 g/mol. The maximum Gasteiger partial charge on any atom is 0.273 e. The summed E-state index contributed by atoms with van der Waals surface area (Å²) in [6, 6.07) is 3.00. The Bertz CT molecular complexity index is 546. The van der Waals surface area contributed by atoms with E-state index < -0.39 is 0 Å². The van der Waals surface area contributed by atoms with Gasteiger partial charge in [-0.3, -0.25) is 10.1 Å². The third-order valence-corrected chi connectivity index (χ3v) is 3.48. The molecule has 0 aliphatic heterocycles. The third-order valence-electron chi connectivity index (χ3n) is 3.48. The van der Waals surface area contributed by atoms with E-state index in [2.05, 4.69) is 17.6 Å². The number of nitrogens with zero attached hydrogens (tertiary/aromatic N) is 2. The van der Waals surface area contributed by atoms with E-state index in [1.165, 1.54) is 12.1 Å². The summed E-state index contributed by atoms with van der Waals surface area (Å²) in [5.74, 6) is 0. The van der Waals surface area contributed by atoms with Crippen LogP contribution < -0.4 is 0 Å². The molecule has 5 nitrogen and oxygen atoms in total. The highest BCUT2D eigenvalue weighted by Gasteiger charge is 2.18. The van der Waals surface area contributed by atoms with E-state index in [1.807, 2.05) is 0 Å². The van der Waals surface area contributed by atoms with Crippen LogP contribution in [0.2, 0.25) is 0 Å². The van der Waals surface area contributed by atoms with E-state index in [0.29, 0.717) is 11.4 Å². The average Bonchev–Trinajstić information content (AvgIpc) is 2.46. The molecule has 0 spiro atoms. The summed E-state index contributed by atoms with van der Waals surface area (Å²) in [6.07, 6.45) is 4.85. The Hall–Kier alpha value is -2.01. The van der Waals surface area contributed by atoms with Crippen LogP contribution in [-0.2, 0) is 4.74 Å². The van der Waals surface area contributed by atoms with Gasteiger partial charge in [0.15, 0.2) is 0 Å². The quantitative estimate of drug-likeness (QED) is 0.621. The Morgan fingerprint density at radius 3 is 2.80 bits per heavy atom. The first-order valence-corrected chi connectivity index (χ1v) is 6.56. The van der Waals surface area contributed by atoms with Crippen LogP contribution in [0, 0.1) is 10.1 Å². The zero-order valence-electron chi connectivity index (χ0n) is 11.8. The smallest absolute Gasteiger partial charge is 0.273 e. The minimum atomic E-state index is -0.390. The lowest BCUT2D eigenvalue weighted by molar-refractivity contribution is -0.385. The number of ether oxygens (including phenoxy) is 1. The van der Waals surface area contributed by atoms with Crippen molar-refractivity contribution in [2.24, 2.45) is 0 Å². The molecule has 1 aromatic rings. The van der Waals surface area contributed by atoms with Gasteiger partial charge in [0.25, 0.3) is 5.69 Å². The van der Waals surface area contributed by atoms with Crippen LogP contribution in [0.15, 0.2) is 24.8 Å². The van der Waals surface area contributed by atoms with E-state index in [0.717, 1.165) is 30.4 Å². The summed E-state index contributed by atoms with van der Waals surface area (Å²) in [6.45, 7) is 5.61. The fraction of sp³-hybridized carbons (Fsp3) is 0.400. The van der Waals surface area contributed by atoms with Gasteiger partial charge in [0.05, 0.1) is 22.4 Å². The molecule has 1 unspecified atom stereocenters.